The van der Waals surface area contributed by atoms with Crippen molar-refractivity contribution >= 4 is 42.1 Å². The number of carbonyl (C=O) groups excluding carboxylic acids is 1. The first kappa shape index (κ1) is 13.3. The molecule has 19 heavy (non-hydrogen) atoms. The normalized spacial score (nSPS) is 17.2. The van der Waals surface area contributed by atoms with E-state index in [9.17, 15) is 9.90 Å². The van der Waals surface area contributed by atoms with E-state index in [-0.39, 0.29) is 20.7 Å². The Labute approximate surface area is 125 Å². The number of hydrogen-bond donors (Lipinski definition) is 0. The van der Waals surface area contributed by atoms with Crippen molar-refractivity contribution in [2.24, 2.45) is 0 Å². The van der Waals surface area contributed by atoms with E-state index in [2.05, 4.69) is 19.3 Å². The van der Waals surface area contributed by atoms with Gasteiger partial charge in [-0.25, -0.2) is 0 Å². The van der Waals surface area contributed by atoms with Gasteiger partial charge < -0.3 is 0 Å². The molecular weight excluding hydrogens is 377 g/mol. The fraction of sp³-hybridized carbons (Fsp3) is 0.385. The van der Waals surface area contributed by atoms with E-state index in [1.807, 2.05) is 6.20 Å². The van der Waals surface area contributed by atoms with Crippen molar-refractivity contribution in [2.75, 3.05) is 7.11 Å². The molecule has 1 saturated carbocycles. The van der Waals surface area contributed by atoms with Gasteiger partial charge in [0.25, 0.3) is 0 Å². The zero-order chi connectivity index (χ0) is 13.6. The molecule has 0 unspecified atom stereocenters. The van der Waals surface area contributed by atoms with Crippen LogP contribution in [0.2, 0.25) is 0 Å². The molecule has 0 N–H and O–H groups in total. The minimum atomic E-state index is -0.893. The molecule has 2 aromatic heterocycles. The summed E-state index contributed by atoms with van der Waals surface area (Å²) in [4.78, 5) is 11.5. The zero-order valence-electron chi connectivity index (χ0n) is 10.3. The van der Waals surface area contributed by atoms with Crippen LogP contribution in [-0.2, 0) is 10.3 Å². The molecule has 1 aliphatic carbocycles. The Bertz CT molecular complexity index is 663. The van der Waals surface area contributed by atoms with Gasteiger partial charge in [0.15, 0.2) is 0 Å². The van der Waals surface area contributed by atoms with Gasteiger partial charge in [-0.3, -0.25) is 0 Å². The van der Waals surface area contributed by atoms with E-state index in [0.717, 1.165) is 33.7 Å². The fourth-order valence-electron chi connectivity index (χ4n) is 2.23. The third-order valence-electron chi connectivity index (χ3n) is 3.53. The topological polar surface area (TPSA) is 53.5 Å². The first-order valence-corrected chi connectivity index (χ1v) is 8.40. The van der Waals surface area contributed by atoms with Gasteiger partial charge in [-0.15, -0.1) is 0 Å². The van der Waals surface area contributed by atoms with Crippen molar-refractivity contribution in [2.45, 2.75) is 24.9 Å². The van der Waals surface area contributed by atoms with E-state index in [0.29, 0.717) is 5.56 Å². The summed E-state index contributed by atoms with van der Waals surface area (Å²) in [5.41, 5.74) is 0.521. The molecule has 1 aliphatic rings. The molecule has 2 heterocycles. The number of carbonyl (C=O) groups is 1. The van der Waals surface area contributed by atoms with Crippen LogP contribution in [0.3, 0.4) is 0 Å². The summed E-state index contributed by atoms with van der Waals surface area (Å²) < 4.78 is 8.61. The summed E-state index contributed by atoms with van der Waals surface area (Å²) in [6.45, 7) is 0. The SMILES string of the molecule is COC(=O)c1cc[n+]2[se]c(C3([O-])CCC3)c(Br)c2c1. The summed E-state index contributed by atoms with van der Waals surface area (Å²) in [5, 5.41) is 12.5. The predicted octanol–water partition coefficient (Wildman–Crippen LogP) is 0.771. The van der Waals surface area contributed by atoms with Crippen molar-refractivity contribution in [3.63, 3.8) is 0 Å². The van der Waals surface area contributed by atoms with Gasteiger partial charge in [-0.05, 0) is 0 Å². The van der Waals surface area contributed by atoms with Crippen molar-refractivity contribution in [3.8, 4) is 0 Å². The Morgan fingerprint density at radius 3 is 2.89 bits per heavy atom. The molecular formula is C13H12BrNO3Se. The molecule has 1 fully saturated rings. The van der Waals surface area contributed by atoms with E-state index < -0.39 is 5.60 Å². The number of hydrogen-bond acceptors (Lipinski definition) is 3. The molecule has 100 valence electrons. The Morgan fingerprint density at radius 2 is 2.32 bits per heavy atom. The van der Waals surface area contributed by atoms with E-state index >= 15 is 0 Å². The molecule has 2 aromatic rings. The maximum absolute atomic E-state index is 12.5. The number of nitrogens with zero attached hydrogens (tertiary/aromatic N) is 1. The standard InChI is InChI=1S/C13H12BrNO3Se/c1-18-12(16)8-3-6-15-9(7-8)10(14)11(19-15)13(17)4-2-5-13/h3,6-7H,2,4-5H2,1H3. The van der Waals surface area contributed by atoms with Gasteiger partial charge >= 0.3 is 125 Å². The van der Waals surface area contributed by atoms with Gasteiger partial charge in [0.05, 0.1) is 0 Å². The molecule has 0 saturated heterocycles. The van der Waals surface area contributed by atoms with Crippen LogP contribution in [0.15, 0.2) is 22.8 Å². The second-order valence-corrected chi connectivity index (χ2v) is 7.56. The first-order valence-electron chi connectivity index (χ1n) is 5.98. The van der Waals surface area contributed by atoms with Gasteiger partial charge in [-0.2, -0.15) is 0 Å². The summed E-state index contributed by atoms with van der Waals surface area (Å²) in [5.74, 6) is -0.356. The summed E-state index contributed by atoms with van der Waals surface area (Å²) >= 11 is 3.53. The summed E-state index contributed by atoms with van der Waals surface area (Å²) in [7, 11) is 1.37. The number of aromatic nitrogens is 1. The van der Waals surface area contributed by atoms with Crippen LogP contribution in [0.1, 0.15) is 34.1 Å². The molecule has 3 rings (SSSR count). The van der Waals surface area contributed by atoms with Crippen LogP contribution in [0.25, 0.3) is 5.52 Å². The Kier molecular flexibility index (Phi) is 3.29. The van der Waals surface area contributed by atoms with Crippen LogP contribution in [0, 0.1) is 0 Å². The molecule has 0 aliphatic heterocycles. The van der Waals surface area contributed by atoms with Crippen molar-refractivity contribution in [1.82, 2.24) is 0 Å². The number of pyridine rings is 1. The molecule has 0 bridgehead atoms. The number of methoxy groups -OCH3 is 1. The molecule has 0 atom stereocenters. The van der Waals surface area contributed by atoms with Crippen molar-refractivity contribution < 1.29 is 18.0 Å². The molecule has 0 spiro atoms. The van der Waals surface area contributed by atoms with Crippen molar-refractivity contribution in [3.05, 3.63) is 32.8 Å². The van der Waals surface area contributed by atoms with Gasteiger partial charge in [-0.1, -0.05) is 0 Å². The molecule has 0 amide bonds. The van der Waals surface area contributed by atoms with Crippen molar-refractivity contribution in [1.29, 1.82) is 0 Å². The maximum atomic E-state index is 12.5. The first-order chi connectivity index (χ1) is 9.05. The zero-order valence-corrected chi connectivity index (χ0v) is 13.6. The van der Waals surface area contributed by atoms with Crippen LogP contribution in [0.4, 0.5) is 0 Å². The Hall–Kier alpha value is -0.681. The fourth-order valence-corrected chi connectivity index (χ4v) is 5.88. The van der Waals surface area contributed by atoms with E-state index in [4.69, 9.17) is 4.74 Å². The van der Waals surface area contributed by atoms with Gasteiger partial charge in [0, 0.05) is 0 Å². The van der Waals surface area contributed by atoms with Gasteiger partial charge in [0.2, 0.25) is 0 Å². The average molecular weight is 389 g/mol. The average Bonchev–Trinajstić information content (AvgIpc) is 2.72. The van der Waals surface area contributed by atoms with Crippen LogP contribution < -0.4 is 8.50 Å². The minimum absolute atomic E-state index is 0.00894. The third-order valence-corrected chi connectivity index (χ3v) is 7.60. The number of esters is 1. The van der Waals surface area contributed by atoms with Crippen LogP contribution in [0.5, 0.6) is 0 Å². The number of rotatable bonds is 2. The second-order valence-electron chi connectivity index (χ2n) is 4.70. The Balaban J connectivity index is 2.13. The number of fused-ring (bicyclic) bond motifs is 1. The number of halogens is 1. The van der Waals surface area contributed by atoms with Crippen LogP contribution >= 0.6 is 15.9 Å². The summed E-state index contributed by atoms with van der Waals surface area (Å²) in [6.07, 6.45) is 4.31. The molecule has 6 heteroatoms. The quantitative estimate of drug-likeness (QED) is 0.564. The third kappa shape index (κ3) is 2.07. The number of ether oxygens (including phenoxy) is 1. The van der Waals surface area contributed by atoms with Gasteiger partial charge in [0.1, 0.15) is 0 Å². The summed E-state index contributed by atoms with van der Waals surface area (Å²) in [6, 6.07) is 3.52. The second kappa shape index (κ2) is 4.70. The van der Waals surface area contributed by atoms with E-state index in [1.165, 1.54) is 7.11 Å². The molecule has 4 nitrogen and oxygen atoms in total. The van der Waals surface area contributed by atoms with Crippen LogP contribution in [-0.4, -0.2) is 27.8 Å². The Morgan fingerprint density at radius 1 is 1.58 bits per heavy atom. The predicted molar refractivity (Wildman–Crippen MR) is 71.1 cm³/mol. The monoisotopic (exact) mass is 389 g/mol. The molecule has 0 radical (unpaired) electrons. The molecule has 0 aromatic carbocycles. The van der Waals surface area contributed by atoms with E-state index in [1.54, 1.807) is 12.1 Å².